The molecule has 0 radical (unpaired) electrons. The van der Waals surface area contributed by atoms with Gasteiger partial charge in [0.2, 0.25) is 5.91 Å². The maximum atomic E-state index is 13.2. The molecular weight excluding hydrogens is 262 g/mol. The first-order chi connectivity index (χ1) is 10.1. The minimum Gasteiger partial charge on any atom is -0.393 e. The zero-order valence-corrected chi connectivity index (χ0v) is 12.8. The van der Waals surface area contributed by atoms with Gasteiger partial charge in [0, 0.05) is 13.1 Å². The molecule has 3 rings (SSSR count). The summed E-state index contributed by atoms with van der Waals surface area (Å²) in [6.45, 7) is 3.50. The Kier molecular flexibility index (Phi) is 4.03. The van der Waals surface area contributed by atoms with Crippen molar-refractivity contribution in [3.05, 3.63) is 35.4 Å². The Morgan fingerprint density at radius 2 is 1.90 bits per heavy atom. The standard InChI is InChI=1S/C18H25NO2/c1-14-5-4-6-15(13-14)18(9-2-3-10-18)17(21)19-11-7-16(20)8-12-19/h4-6,13,16,20H,2-3,7-12H2,1H3. The monoisotopic (exact) mass is 287 g/mol. The second-order valence-electron chi connectivity index (χ2n) is 6.68. The molecule has 1 aliphatic carbocycles. The van der Waals surface area contributed by atoms with E-state index in [0.29, 0.717) is 13.1 Å². The normalized spacial score (nSPS) is 22.5. The van der Waals surface area contributed by atoms with Crippen molar-refractivity contribution >= 4 is 5.91 Å². The van der Waals surface area contributed by atoms with E-state index in [1.165, 1.54) is 11.1 Å². The van der Waals surface area contributed by atoms with Crippen LogP contribution in [0.3, 0.4) is 0 Å². The van der Waals surface area contributed by atoms with E-state index in [0.717, 1.165) is 38.5 Å². The third-order valence-corrected chi connectivity index (χ3v) is 5.19. The summed E-state index contributed by atoms with van der Waals surface area (Å²) < 4.78 is 0. The van der Waals surface area contributed by atoms with Crippen molar-refractivity contribution in [2.45, 2.75) is 57.0 Å². The summed E-state index contributed by atoms with van der Waals surface area (Å²) in [5, 5.41) is 9.65. The number of carbonyl (C=O) groups excluding carboxylic acids is 1. The van der Waals surface area contributed by atoms with Crippen LogP contribution in [0.4, 0.5) is 0 Å². The number of hydrogen-bond donors (Lipinski definition) is 1. The van der Waals surface area contributed by atoms with Gasteiger partial charge in [0.25, 0.3) is 0 Å². The minimum absolute atomic E-state index is 0.229. The molecule has 1 aromatic carbocycles. The van der Waals surface area contributed by atoms with Crippen molar-refractivity contribution in [2.75, 3.05) is 13.1 Å². The third-order valence-electron chi connectivity index (χ3n) is 5.19. The number of carbonyl (C=O) groups is 1. The van der Waals surface area contributed by atoms with E-state index in [4.69, 9.17) is 0 Å². The molecule has 2 aliphatic rings. The van der Waals surface area contributed by atoms with Crippen LogP contribution < -0.4 is 0 Å². The fraction of sp³-hybridized carbons (Fsp3) is 0.611. The van der Waals surface area contributed by atoms with E-state index in [-0.39, 0.29) is 17.4 Å². The van der Waals surface area contributed by atoms with Crippen LogP contribution >= 0.6 is 0 Å². The van der Waals surface area contributed by atoms with Crippen LogP contribution in [-0.4, -0.2) is 35.1 Å². The van der Waals surface area contributed by atoms with E-state index in [2.05, 4.69) is 31.2 Å². The number of aliphatic hydroxyl groups is 1. The topological polar surface area (TPSA) is 40.5 Å². The van der Waals surface area contributed by atoms with Gasteiger partial charge in [0.05, 0.1) is 11.5 Å². The molecule has 1 aliphatic heterocycles. The summed E-state index contributed by atoms with van der Waals surface area (Å²) in [7, 11) is 0. The van der Waals surface area contributed by atoms with Gasteiger partial charge in [0.15, 0.2) is 0 Å². The minimum atomic E-state index is -0.311. The molecule has 21 heavy (non-hydrogen) atoms. The summed E-state index contributed by atoms with van der Waals surface area (Å²) in [5.74, 6) is 0.289. The number of aliphatic hydroxyl groups excluding tert-OH is 1. The van der Waals surface area contributed by atoms with Crippen molar-refractivity contribution in [1.29, 1.82) is 0 Å². The lowest BCUT2D eigenvalue weighted by Gasteiger charge is -2.38. The average Bonchev–Trinajstić information content (AvgIpc) is 2.98. The van der Waals surface area contributed by atoms with E-state index < -0.39 is 0 Å². The van der Waals surface area contributed by atoms with E-state index in [1.807, 2.05) is 4.90 Å². The Morgan fingerprint density at radius 1 is 1.24 bits per heavy atom. The molecule has 0 spiro atoms. The second-order valence-corrected chi connectivity index (χ2v) is 6.68. The molecule has 0 aromatic heterocycles. The van der Waals surface area contributed by atoms with Crippen LogP contribution in [0.5, 0.6) is 0 Å². The summed E-state index contributed by atoms with van der Waals surface area (Å²) in [6.07, 6.45) is 5.41. The molecule has 0 unspecified atom stereocenters. The zero-order valence-electron chi connectivity index (χ0n) is 12.8. The van der Waals surface area contributed by atoms with Gasteiger partial charge in [0.1, 0.15) is 0 Å². The first-order valence-corrected chi connectivity index (χ1v) is 8.16. The van der Waals surface area contributed by atoms with E-state index in [1.54, 1.807) is 0 Å². The predicted molar refractivity (Wildman–Crippen MR) is 83.1 cm³/mol. The van der Waals surface area contributed by atoms with E-state index in [9.17, 15) is 9.90 Å². The fourth-order valence-electron chi connectivity index (χ4n) is 3.92. The molecule has 1 saturated carbocycles. The molecule has 1 amide bonds. The Bertz CT molecular complexity index is 512. The van der Waals surface area contributed by atoms with Gasteiger partial charge >= 0.3 is 0 Å². The molecule has 1 saturated heterocycles. The Labute approximate surface area is 127 Å². The van der Waals surface area contributed by atoms with Gasteiger partial charge in [-0.1, -0.05) is 42.7 Å². The van der Waals surface area contributed by atoms with Crippen LogP contribution in [0.25, 0.3) is 0 Å². The van der Waals surface area contributed by atoms with Gasteiger partial charge < -0.3 is 10.0 Å². The van der Waals surface area contributed by atoms with Gasteiger partial charge in [-0.15, -0.1) is 0 Å². The largest absolute Gasteiger partial charge is 0.393 e. The highest BCUT2D eigenvalue weighted by Gasteiger charge is 2.45. The lowest BCUT2D eigenvalue weighted by molar-refractivity contribution is -0.139. The van der Waals surface area contributed by atoms with Crippen LogP contribution in [0.15, 0.2) is 24.3 Å². The maximum absolute atomic E-state index is 13.2. The average molecular weight is 287 g/mol. The van der Waals surface area contributed by atoms with Crippen molar-refractivity contribution in [1.82, 2.24) is 4.90 Å². The first kappa shape index (κ1) is 14.6. The second kappa shape index (κ2) is 5.80. The number of hydrogen-bond acceptors (Lipinski definition) is 2. The maximum Gasteiger partial charge on any atom is 0.233 e. The number of likely N-dealkylation sites (tertiary alicyclic amines) is 1. The van der Waals surface area contributed by atoms with Gasteiger partial charge in [-0.05, 0) is 38.2 Å². The summed E-state index contributed by atoms with van der Waals surface area (Å²) in [5.41, 5.74) is 2.10. The number of rotatable bonds is 2. The molecule has 1 heterocycles. The number of aryl methyl sites for hydroxylation is 1. The molecule has 3 heteroatoms. The van der Waals surface area contributed by atoms with Crippen molar-refractivity contribution in [3.8, 4) is 0 Å². The lowest BCUT2D eigenvalue weighted by Crippen LogP contribution is -2.49. The van der Waals surface area contributed by atoms with Gasteiger partial charge in [-0.2, -0.15) is 0 Å². The number of piperidine rings is 1. The van der Waals surface area contributed by atoms with Crippen molar-refractivity contribution in [2.24, 2.45) is 0 Å². The Hall–Kier alpha value is -1.35. The smallest absolute Gasteiger partial charge is 0.233 e. The van der Waals surface area contributed by atoms with Crippen LogP contribution in [0, 0.1) is 6.92 Å². The quantitative estimate of drug-likeness (QED) is 0.908. The summed E-state index contributed by atoms with van der Waals surface area (Å²) in [4.78, 5) is 15.2. The SMILES string of the molecule is Cc1cccc(C2(C(=O)N3CCC(O)CC3)CCCC2)c1. The summed E-state index contributed by atoms with van der Waals surface area (Å²) >= 11 is 0. The predicted octanol–water partition coefficient (Wildman–Crippen LogP) is 2.79. The highest BCUT2D eigenvalue weighted by Crippen LogP contribution is 2.43. The molecule has 0 bridgehead atoms. The first-order valence-electron chi connectivity index (χ1n) is 8.16. The van der Waals surface area contributed by atoms with Crippen molar-refractivity contribution < 1.29 is 9.90 Å². The zero-order chi connectivity index (χ0) is 14.9. The van der Waals surface area contributed by atoms with Gasteiger partial charge in [-0.3, -0.25) is 4.79 Å². The lowest BCUT2D eigenvalue weighted by atomic mass is 9.76. The molecule has 2 fully saturated rings. The van der Waals surface area contributed by atoms with Gasteiger partial charge in [-0.25, -0.2) is 0 Å². The number of nitrogens with zero attached hydrogens (tertiary/aromatic N) is 1. The molecule has 1 aromatic rings. The van der Waals surface area contributed by atoms with Crippen LogP contribution in [0.1, 0.15) is 49.7 Å². The molecular formula is C18H25NO2. The van der Waals surface area contributed by atoms with Crippen LogP contribution in [0.2, 0.25) is 0 Å². The number of amides is 1. The molecule has 114 valence electrons. The van der Waals surface area contributed by atoms with E-state index >= 15 is 0 Å². The van der Waals surface area contributed by atoms with Crippen LogP contribution in [-0.2, 0) is 10.2 Å². The highest BCUT2D eigenvalue weighted by molar-refractivity contribution is 5.88. The van der Waals surface area contributed by atoms with Crippen molar-refractivity contribution in [3.63, 3.8) is 0 Å². The Balaban J connectivity index is 1.88. The Morgan fingerprint density at radius 3 is 2.52 bits per heavy atom. The highest BCUT2D eigenvalue weighted by atomic mass is 16.3. The third kappa shape index (κ3) is 2.71. The molecule has 3 nitrogen and oxygen atoms in total. The molecule has 0 atom stereocenters. The fourth-order valence-corrected chi connectivity index (χ4v) is 3.92. The summed E-state index contributed by atoms with van der Waals surface area (Å²) in [6, 6.07) is 8.46. The number of benzene rings is 1. The molecule has 1 N–H and O–H groups in total.